The Morgan fingerprint density at radius 2 is 1.43 bits per heavy atom. The molecule has 0 N–H and O–H groups in total. The Morgan fingerprint density at radius 3 is 2.22 bits per heavy atom. The number of benzene rings is 7. The molecule has 11 rings (SSSR count). The van der Waals surface area contributed by atoms with Crippen LogP contribution < -0.4 is 5.19 Å². The van der Waals surface area contributed by atoms with Crippen molar-refractivity contribution in [2.75, 3.05) is 0 Å². The molecule has 0 aliphatic heterocycles. The summed E-state index contributed by atoms with van der Waals surface area (Å²) in [4.78, 5) is 9.83. The van der Waals surface area contributed by atoms with Crippen LogP contribution in [-0.4, -0.2) is 22.6 Å². The second-order valence-electron chi connectivity index (χ2n) is 17.3. The van der Waals surface area contributed by atoms with Gasteiger partial charge in [0.25, 0.3) is 0 Å². The third-order valence-electron chi connectivity index (χ3n) is 11.4. The molecule has 0 unspecified atom stereocenters. The molecule has 4 heterocycles. The van der Waals surface area contributed by atoms with Gasteiger partial charge in [0.2, 0.25) is 0 Å². The molecule has 0 aliphatic rings. The molecule has 1 radical (unpaired) electrons. The van der Waals surface area contributed by atoms with Crippen LogP contribution in [0.3, 0.4) is 0 Å². The maximum Gasteiger partial charge on any atom is 0.140 e. The van der Waals surface area contributed by atoms with E-state index in [1.54, 1.807) is 6.07 Å². The number of imidazole rings is 1. The zero-order valence-electron chi connectivity index (χ0n) is 35.7. The van der Waals surface area contributed by atoms with Crippen molar-refractivity contribution in [2.24, 2.45) is 5.92 Å². The molecule has 4 aromatic heterocycles. The van der Waals surface area contributed by atoms with Crippen molar-refractivity contribution in [3.05, 3.63) is 181 Å². The standard InChI is InChI=1S/C37H20FN2S2.C18H24NSi.Ir/c38-30-20-23(22-9-2-1-3-10-22)19-29-26-12-8-13-27(35(26)42-36(29)30)37-39-31-14-5-6-15-32(31)40(37)24-17-18-34-28(21-24)25-11-4-7-16-33(25)41-34;1-14(2)11-16-12-17(15-9-7-6-8-10-15)19-13-18(16)20(3,4)5;/h1-12,14-21H;6-9,12-14H,11H2,1-5H3;/q2*-1;. The van der Waals surface area contributed by atoms with Gasteiger partial charge in [-0.2, -0.15) is 11.3 Å². The Balaban J connectivity index is 0.000000204. The number of nitrogens with zero attached hydrogens (tertiary/aromatic N) is 3. The fraction of sp³-hybridized carbons (Fsp3) is 0.127. The second-order valence-corrected chi connectivity index (χ2v) is 24.4. The zero-order chi connectivity index (χ0) is 42.5. The minimum absolute atomic E-state index is 0. The van der Waals surface area contributed by atoms with Crippen molar-refractivity contribution in [3.8, 4) is 39.5 Å². The molecule has 0 amide bonds. The minimum Gasteiger partial charge on any atom is -0.333 e. The molecule has 0 spiro atoms. The molecule has 0 saturated carbocycles. The molecular weight excluding hydrogens is 1010 g/mol. The number of fused-ring (bicyclic) bond motifs is 7. The van der Waals surface area contributed by atoms with Crippen LogP contribution in [0.4, 0.5) is 4.39 Å². The van der Waals surface area contributed by atoms with Gasteiger partial charge in [-0.3, -0.25) is 4.98 Å². The van der Waals surface area contributed by atoms with Crippen molar-refractivity contribution < 1.29 is 24.5 Å². The van der Waals surface area contributed by atoms with Crippen LogP contribution >= 0.6 is 22.7 Å². The van der Waals surface area contributed by atoms with E-state index in [1.807, 2.05) is 90.2 Å². The number of hydrogen-bond acceptors (Lipinski definition) is 4. The van der Waals surface area contributed by atoms with Gasteiger partial charge < -0.3 is 9.55 Å². The number of pyridine rings is 1. The number of aromatic nitrogens is 3. The van der Waals surface area contributed by atoms with E-state index in [9.17, 15) is 0 Å². The summed E-state index contributed by atoms with van der Waals surface area (Å²) in [5.41, 5.74) is 9.32. The van der Waals surface area contributed by atoms with Crippen molar-refractivity contribution in [3.63, 3.8) is 0 Å². The van der Waals surface area contributed by atoms with Crippen LogP contribution in [0.15, 0.2) is 158 Å². The third kappa shape index (κ3) is 8.23. The summed E-state index contributed by atoms with van der Waals surface area (Å²) < 4.78 is 22.0. The van der Waals surface area contributed by atoms with Gasteiger partial charge >= 0.3 is 0 Å². The quantitative estimate of drug-likeness (QED) is 0.118. The Morgan fingerprint density at radius 1 is 0.667 bits per heavy atom. The third-order valence-corrected chi connectivity index (χ3v) is 15.9. The van der Waals surface area contributed by atoms with E-state index in [2.05, 4.69) is 128 Å². The fourth-order valence-corrected chi connectivity index (χ4v) is 12.4. The van der Waals surface area contributed by atoms with Crippen LogP contribution in [-0.2, 0) is 26.5 Å². The summed E-state index contributed by atoms with van der Waals surface area (Å²) in [6, 6.07) is 58.2. The van der Waals surface area contributed by atoms with E-state index in [0.29, 0.717) is 10.6 Å². The maximum atomic E-state index is 15.6. The molecule has 11 aromatic rings. The predicted molar refractivity (Wildman–Crippen MR) is 267 cm³/mol. The Labute approximate surface area is 390 Å². The Kier molecular flexibility index (Phi) is 11.9. The van der Waals surface area contributed by atoms with Gasteiger partial charge in [0.05, 0.1) is 29.6 Å². The normalized spacial score (nSPS) is 11.7. The molecule has 3 nitrogen and oxygen atoms in total. The van der Waals surface area contributed by atoms with Crippen LogP contribution in [0, 0.1) is 23.9 Å². The maximum absolute atomic E-state index is 15.6. The summed E-state index contributed by atoms with van der Waals surface area (Å²) in [5, 5.41) is 5.91. The Bertz CT molecular complexity index is 3420. The molecule has 0 bridgehead atoms. The molecule has 8 heteroatoms. The van der Waals surface area contributed by atoms with Crippen molar-refractivity contribution >= 4 is 87.3 Å². The molecule has 63 heavy (non-hydrogen) atoms. The first-order chi connectivity index (χ1) is 30.1. The van der Waals surface area contributed by atoms with Gasteiger partial charge in [0.1, 0.15) is 5.82 Å². The molecule has 7 aromatic carbocycles. The number of halogens is 1. The SMILES string of the molecule is CC(C)Cc1cc(-c2[c-]cccc2)ncc1[Si](C)(C)C.Fc1cc(-c2ccccc2)cc2c1sc1c(-c3nc4ccccc4n3-c3ccc4sc5ccccc5c4c3)[c-]ccc12.[Ir]. The smallest absolute Gasteiger partial charge is 0.140 e. The molecule has 313 valence electrons. The topological polar surface area (TPSA) is 30.7 Å². The van der Waals surface area contributed by atoms with E-state index in [-0.39, 0.29) is 25.9 Å². The summed E-state index contributed by atoms with van der Waals surface area (Å²) in [6.07, 6.45) is 3.24. The van der Waals surface area contributed by atoms with Gasteiger partial charge in [-0.1, -0.05) is 117 Å². The first kappa shape index (κ1) is 42.7. The molecule has 0 saturated heterocycles. The number of rotatable bonds is 7. The first-order valence-corrected chi connectivity index (χ1v) is 26.2. The molecule has 0 fully saturated rings. The van der Waals surface area contributed by atoms with E-state index < -0.39 is 8.07 Å². The first-order valence-electron chi connectivity index (χ1n) is 21.1. The average Bonchev–Trinajstić information content (AvgIpc) is 3.98. The minimum atomic E-state index is -1.34. The largest absolute Gasteiger partial charge is 0.333 e. The number of thiophene rings is 2. The van der Waals surface area contributed by atoms with Gasteiger partial charge in [-0.05, 0) is 93.0 Å². The van der Waals surface area contributed by atoms with Gasteiger partial charge in [-0.15, -0.1) is 65.4 Å². The van der Waals surface area contributed by atoms with Crippen molar-refractivity contribution in [1.82, 2.24) is 14.5 Å². The average molecular weight is 1050 g/mol. The summed E-state index contributed by atoms with van der Waals surface area (Å²) in [7, 11) is -1.34. The van der Waals surface area contributed by atoms with Gasteiger partial charge in [0, 0.05) is 52.2 Å². The van der Waals surface area contributed by atoms with Crippen LogP contribution in [0.1, 0.15) is 19.4 Å². The predicted octanol–water partition coefficient (Wildman–Crippen LogP) is 15.3. The zero-order valence-corrected chi connectivity index (χ0v) is 40.7. The summed E-state index contributed by atoms with van der Waals surface area (Å²) in [6.45, 7) is 11.7. The molecular formula is C55H44FIrN3S2Si-2. The van der Waals surface area contributed by atoms with E-state index >= 15 is 4.39 Å². The second kappa shape index (κ2) is 17.5. The molecule has 0 atom stereocenters. The van der Waals surface area contributed by atoms with Crippen molar-refractivity contribution in [1.29, 1.82) is 0 Å². The summed E-state index contributed by atoms with van der Waals surface area (Å²) >= 11 is 3.29. The van der Waals surface area contributed by atoms with Gasteiger partial charge in [-0.25, -0.2) is 4.39 Å². The number of hydrogen-bond donors (Lipinski definition) is 0. The Hall–Kier alpha value is -5.60. The van der Waals surface area contributed by atoms with Crippen LogP contribution in [0.5, 0.6) is 0 Å². The summed E-state index contributed by atoms with van der Waals surface area (Å²) in [5.74, 6) is 1.26. The van der Waals surface area contributed by atoms with E-state index in [0.717, 1.165) is 72.4 Å². The van der Waals surface area contributed by atoms with Crippen molar-refractivity contribution in [2.45, 2.75) is 39.9 Å². The van der Waals surface area contributed by atoms with E-state index in [4.69, 9.17) is 4.98 Å². The van der Waals surface area contributed by atoms with Crippen LogP contribution in [0.2, 0.25) is 19.6 Å². The monoisotopic (exact) mass is 1050 g/mol. The van der Waals surface area contributed by atoms with Crippen LogP contribution in [0.25, 0.3) is 90.8 Å². The van der Waals surface area contributed by atoms with E-state index in [1.165, 1.54) is 42.3 Å². The number of para-hydroxylation sites is 2. The van der Waals surface area contributed by atoms with Gasteiger partial charge in [0.15, 0.2) is 0 Å². The molecule has 0 aliphatic carbocycles. The fourth-order valence-electron chi connectivity index (χ4n) is 8.55.